The molecule has 0 unspecified atom stereocenters. The molecule has 0 aliphatic carbocycles. The summed E-state index contributed by atoms with van der Waals surface area (Å²) >= 11 is 1.73. The maximum atomic E-state index is 5.68. The summed E-state index contributed by atoms with van der Waals surface area (Å²) in [6.45, 7) is 2.83. The van der Waals surface area contributed by atoms with E-state index in [1.165, 1.54) is 36.9 Å². The van der Waals surface area contributed by atoms with E-state index in [1.54, 1.807) is 11.3 Å². The molecule has 2 aromatic rings. The second-order valence-corrected chi connectivity index (χ2v) is 5.72. The molecule has 0 fully saturated rings. The molecule has 2 N–H and O–H groups in total. The number of thiazole rings is 1. The van der Waals surface area contributed by atoms with Crippen molar-refractivity contribution >= 4 is 11.3 Å². The van der Waals surface area contributed by atoms with Gasteiger partial charge in [-0.3, -0.25) is 0 Å². The quantitative estimate of drug-likeness (QED) is 0.760. The van der Waals surface area contributed by atoms with Crippen LogP contribution in [-0.4, -0.2) is 4.98 Å². The van der Waals surface area contributed by atoms with E-state index in [4.69, 9.17) is 10.7 Å². The lowest BCUT2D eigenvalue weighted by atomic mass is 10.1. The molecule has 3 heteroatoms. The molecule has 19 heavy (non-hydrogen) atoms. The zero-order valence-corrected chi connectivity index (χ0v) is 12.4. The monoisotopic (exact) mass is 274 g/mol. The summed E-state index contributed by atoms with van der Waals surface area (Å²) in [5, 5.41) is 3.30. The standard InChI is InChI=1S/C16H22N2S/c1-2-3-4-5-9-15-12-19-16(18-15)14-8-6-7-13(10-14)11-17/h6-8,10,12H,2-5,9,11,17H2,1H3. The first-order valence-electron chi connectivity index (χ1n) is 7.07. The Morgan fingerprint density at radius 1 is 1.21 bits per heavy atom. The minimum Gasteiger partial charge on any atom is -0.326 e. The van der Waals surface area contributed by atoms with Gasteiger partial charge in [-0.1, -0.05) is 44.4 Å². The number of aromatic nitrogens is 1. The van der Waals surface area contributed by atoms with Crippen LogP contribution in [0.1, 0.15) is 43.9 Å². The van der Waals surface area contributed by atoms with Crippen LogP contribution in [0.4, 0.5) is 0 Å². The molecule has 2 rings (SSSR count). The van der Waals surface area contributed by atoms with Gasteiger partial charge in [0.25, 0.3) is 0 Å². The second-order valence-electron chi connectivity index (χ2n) is 4.86. The van der Waals surface area contributed by atoms with Crippen LogP contribution in [0.5, 0.6) is 0 Å². The maximum absolute atomic E-state index is 5.68. The van der Waals surface area contributed by atoms with Crippen molar-refractivity contribution in [2.24, 2.45) is 5.73 Å². The number of nitrogens with two attached hydrogens (primary N) is 1. The highest BCUT2D eigenvalue weighted by molar-refractivity contribution is 7.13. The van der Waals surface area contributed by atoms with E-state index in [2.05, 4.69) is 36.6 Å². The van der Waals surface area contributed by atoms with E-state index in [9.17, 15) is 0 Å². The van der Waals surface area contributed by atoms with Crippen molar-refractivity contribution in [1.82, 2.24) is 4.98 Å². The minimum atomic E-state index is 0.586. The van der Waals surface area contributed by atoms with Crippen LogP contribution < -0.4 is 5.73 Å². The van der Waals surface area contributed by atoms with Gasteiger partial charge in [-0.15, -0.1) is 11.3 Å². The summed E-state index contributed by atoms with van der Waals surface area (Å²) in [6.07, 6.45) is 6.28. The molecule has 0 atom stereocenters. The Morgan fingerprint density at radius 2 is 2.11 bits per heavy atom. The fourth-order valence-corrected chi connectivity index (χ4v) is 2.97. The maximum Gasteiger partial charge on any atom is 0.123 e. The molecule has 0 amide bonds. The molecule has 1 aromatic heterocycles. The summed E-state index contributed by atoms with van der Waals surface area (Å²) < 4.78 is 0. The van der Waals surface area contributed by atoms with Crippen LogP contribution in [0.15, 0.2) is 29.6 Å². The summed E-state index contributed by atoms with van der Waals surface area (Å²) in [4.78, 5) is 4.73. The molecule has 0 radical (unpaired) electrons. The van der Waals surface area contributed by atoms with Gasteiger partial charge in [0.15, 0.2) is 0 Å². The number of hydrogen-bond acceptors (Lipinski definition) is 3. The normalized spacial score (nSPS) is 10.8. The predicted octanol–water partition coefficient (Wildman–Crippen LogP) is 4.39. The summed E-state index contributed by atoms with van der Waals surface area (Å²) in [5.74, 6) is 0. The van der Waals surface area contributed by atoms with Crippen molar-refractivity contribution in [3.05, 3.63) is 40.9 Å². The van der Waals surface area contributed by atoms with Crippen molar-refractivity contribution in [2.75, 3.05) is 0 Å². The minimum absolute atomic E-state index is 0.586. The third-order valence-electron chi connectivity index (χ3n) is 3.25. The Morgan fingerprint density at radius 3 is 2.89 bits per heavy atom. The SMILES string of the molecule is CCCCCCc1csc(-c2cccc(CN)c2)n1. The average Bonchev–Trinajstić information content (AvgIpc) is 2.92. The third-order valence-corrected chi connectivity index (χ3v) is 4.19. The largest absolute Gasteiger partial charge is 0.326 e. The molecule has 0 saturated heterocycles. The van der Waals surface area contributed by atoms with Crippen molar-refractivity contribution in [1.29, 1.82) is 0 Å². The molecule has 0 bridgehead atoms. The van der Waals surface area contributed by atoms with E-state index >= 15 is 0 Å². The first-order valence-corrected chi connectivity index (χ1v) is 7.95. The van der Waals surface area contributed by atoms with Crippen molar-refractivity contribution in [3.63, 3.8) is 0 Å². The Kier molecular flexibility index (Phi) is 5.55. The fourth-order valence-electron chi connectivity index (χ4n) is 2.12. The molecule has 0 saturated carbocycles. The van der Waals surface area contributed by atoms with E-state index in [0.29, 0.717) is 6.54 Å². The van der Waals surface area contributed by atoms with Gasteiger partial charge in [-0.25, -0.2) is 4.98 Å². The molecular weight excluding hydrogens is 252 g/mol. The predicted molar refractivity (Wildman–Crippen MR) is 83.3 cm³/mol. The number of unbranched alkanes of at least 4 members (excludes halogenated alkanes) is 3. The number of nitrogens with zero attached hydrogens (tertiary/aromatic N) is 1. The highest BCUT2D eigenvalue weighted by Gasteiger charge is 2.05. The van der Waals surface area contributed by atoms with Gasteiger partial charge in [-0.2, -0.15) is 0 Å². The first kappa shape index (κ1) is 14.2. The zero-order chi connectivity index (χ0) is 13.5. The lowest BCUT2D eigenvalue weighted by Gasteiger charge is -2.00. The van der Waals surface area contributed by atoms with Crippen LogP contribution in [0, 0.1) is 0 Å². The Hall–Kier alpha value is -1.19. The smallest absolute Gasteiger partial charge is 0.123 e. The van der Waals surface area contributed by atoms with Crippen LogP contribution in [0.25, 0.3) is 10.6 Å². The zero-order valence-electron chi connectivity index (χ0n) is 11.6. The molecule has 0 aliphatic rings. The second kappa shape index (κ2) is 7.41. The summed E-state index contributed by atoms with van der Waals surface area (Å²) in [5.41, 5.74) is 9.26. The summed E-state index contributed by atoms with van der Waals surface area (Å²) in [7, 11) is 0. The number of benzene rings is 1. The number of hydrogen-bond donors (Lipinski definition) is 1. The van der Waals surface area contributed by atoms with E-state index in [1.807, 2.05) is 0 Å². The van der Waals surface area contributed by atoms with Crippen LogP contribution in [0.3, 0.4) is 0 Å². The summed E-state index contributed by atoms with van der Waals surface area (Å²) in [6, 6.07) is 8.36. The molecule has 0 aliphatic heterocycles. The van der Waals surface area contributed by atoms with Crippen molar-refractivity contribution in [2.45, 2.75) is 45.6 Å². The van der Waals surface area contributed by atoms with Gasteiger partial charge in [0.1, 0.15) is 5.01 Å². The highest BCUT2D eigenvalue weighted by Crippen LogP contribution is 2.25. The Bertz CT molecular complexity index is 505. The van der Waals surface area contributed by atoms with Crippen LogP contribution in [-0.2, 0) is 13.0 Å². The van der Waals surface area contributed by atoms with Gasteiger partial charge < -0.3 is 5.73 Å². The van der Waals surface area contributed by atoms with Crippen LogP contribution >= 0.6 is 11.3 Å². The Balaban J connectivity index is 1.99. The lowest BCUT2D eigenvalue weighted by molar-refractivity contribution is 0.662. The van der Waals surface area contributed by atoms with E-state index in [0.717, 1.165) is 17.0 Å². The van der Waals surface area contributed by atoms with Gasteiger partial charge in [0.2, 0.25) is 0 Å². The molecule has 1 heterocycles. The van der Waals surface area contributed by atoms with Gasteiger partial charge in [-0.05, 0) is 24.5 Å². The van der Waals surface area contributed by atoms with Gasteiger partial charge >= 0.3 is 0 Å². The molecule has 0 spiro atoms. The van der Waals surface area contributed by atoms with E-state index in [-0.39, 0.29) is 0 Å². The first-order chi connectivity index (χ1) is 9.33. The fraction of sp³-hybridized carbons (Fsp3) is 0.438. The lowest BCUT2D eigenvalue weighted by Crippen LogP contribution is -1.95. The van der Waals surface area contributed by atoms with Gasteiger partial charge in [0.05, 0.1) is 5.69 Å². The molecule has 102 valence electrons. The highest BCUT2D eigenvalue weighted by atomic mass is 32.1. The third kappa shape index (κ3) is 4.15. The van der Waals surface area contributed by atoms with Crippen LogP contribution in [0.2, 0.25) is 0 Å². The van der Waals surface area contributed by atoms with Gasteiger partial charge in [0, 0.05) is 17.5 Å². The van der Waals surface area contributed by atoms with E-state index < -0.39 is 0 Å². The molecular formula is C16H22N2S. The van der Waals surface area contributed by atoms with Crippen molar-refractivity contribution < 1.29 is 0 Å². The topological polar surface area (TPSA) is 38.9 Å². The molecule has 1 aromatic carbocycles. The molecule has 2 nitrogen and oxygen atoms in total. The Labute approximate surface area is 119 Å². The number of aryl methyl sites for hydroxylation is 1. The van der Waals surface area contributed by atoms with Crippen molar-refractivity contribution in [3.8, 4) is 10.6 Å². The average molecular weight is 274 g/mol. The number of rotatable bonds is 7.